The Labute approximate surface area is 109 Å². The summed E-state index contributed by atoms with van der Waals surface area (Å²) < 4.78 is 0. The second-order valence-electron chi connectivity index (χ2n) is 6.98. The molecule has 0 aromatic rings. The topological polar surface area (TPSA) is 57.5 Å². The van der Waals surface area contributed by atoms with Gasteiger partial charge < -0.3 is 10.2 Å². The van der Waals surface area contributed by atoms with Gasteiger partial charge in [0.1, 0.15) is 0 Å². The molecular weight excluding hydrogens is 228 g/mol. The molecule has 0 aliphatic heterocycles. The van der Waals surface area contributed by atoms with E-state index < -0.39 is 11.2 Å². The summed E-state index contributed by atoms with van der Waals surface area (Å²) >= 11 is 0. The SMILES string of the molecule is CC1=CC(=O)CC2(C)CCC(C(C)(C)O)CC12O. The first kappa shape index (κ1) is 13.8. The van der Waals surface area contributed by atoms with Crippen molar-refractivity contribution in [1.29, 1.82) is 0 Å². The molecule has 0 bridgehead atoms. The van der Waals surface area contributed by atoms with Crippen molar-refractivity contribution in [1.82, 2.24) is 0 Å². The van der Waals surface area contributed by atoms with Gasteiger partial charge in [-0.25, -0.2) is 0 Å². The summed E-state index contributed by atoms with van der Waals surface area (Å²) in [6.45, 7) is 7.44. The highest BCUT2D eigenvalue weighted by Crippen LogP contribution is 2.55. The predicted molar refractivity (Wildman–Crippen MR) is 70.1 cm³/mol. The van der Waals surface area contributed by atoms with Gasteiger partial charge in [-0.3, -0.25) is 4.79 Å². The van der Waals surface area contributed by atoms with E-state index in [2.05, 4.69) is 0 Å². The molecule has 0 aromatic carbocycles. The van der Waals surface area contributed by atoms with Crippen molar-refractivity contribution in [2.75, 3.05) is 0 Å². The molecule has 0 amide bonds. The zero-order chi connectivity index (χ0) is 13.8. The molecule has 3 atom stereocenters. The number of hydrogen-bond donors (Lipinski definition) is 2. The maximum Gasteiger partial charge on any atom is 0.156 e. The van der Waals surface area contributed by atoms with Crippen LogP contribution >= 0.6 is 0 Å². The molecule has 2 N–H and O–H groups in total. The summed E-state index contributed by atoms with van der Waals surface area (Å²) in [6, 6.07) is 0. The summed E-state index contributed by atoms with van der Waals surface area (Å²) in [4.78, 5) is 11.7. The van der Waals surface area contributed by atoms with Crippen molar-refractivity contribution in [3.63, 3.8) is 0 Å². The summed E-state index contributed by atoms with van der Waals surface area (Å²) in [5, 5.41) is 21.2. The first-order valence-electron chi connectivity index (χ1n) is 6.75. The second kappa shape index (κ2) is 3.91. The van der Waals surface area contributed by atoms with E-state index in [9.17, 15) is 15.0 Å². The largest absolute Gasteiger partial charge is 0.390 e. The molecule has 18 heavy (non-hydrogen) atoms. The molecule has 0 radical (unpaired) electrons. The Morgan fingerprint density at radius 3 is 2.61 bits per heavy atom. The van der Waals surface area contributed by atoms with E-state index in [1.807, 2.05) is 13.8 Å². The number of carbonyl (C=O) groups excluding carboxylic acids is 1. The number of ketones is 1. The van der Waals surface area contributed by atoms with Crippen LogP contribution in [0.15, 0.2) is 11.6 Å². The van der Waals surface area contributed by atoms with Crippen molar-refractivity contribution in [2.45, 2.75) is 64.6 Å². The fraction of sp³-hybridized carbons (Fsp3) is 0.800. The number of allylic oxidation sites excluding steroid dienone is 1. The summed E-state index contributed by atoms with van der Waals surface area (Å²) in [7, 11) is 0. The van der Waals surface area contributed by atoms with Crippen LogP contribution in [0.4, 0.5) is 0 Å². The molecule has 3 heteroatoms. The molecule has 2 aliphatic rings. The average Bonchev–Trinajstić information content (AvgIpc) is 2.18. The van der Waals surface area contributed by atoms with E-state index in [-0.39, 0.29) is 17.1 Å². The quantitative estimate of drug-likeness (QED) is 0.752. The van der Waals surface area contributed by atoms with Gasteiger partial charge in [0.15, 0.2) is 5.78 Å². The lowest BCUT2D eigenvalue weighted by Gasteiger charge is -2.55. The van der Waals surface area contributed by atoms with E-state index in [1.165, 1.54) is 0 Å². The van der Waals surface area contributed by atoms with Crippen LogP contribution in [0.1, 0.15) is 53.4 Å². The smallest absolute Gasteiger partial charge is 0.156 e. The van der Waals surface area contributed by atoms with Gasteiger partial charge in [-0.2, -0.15) is 0 Å². The Morgan fingerprint density at radius 1 is 1.44 bits per heavy atom. The first-order valence-corrected chi connectivity index (χ1v) is 6.75. The zero-order valence-electron chi connectivity index (χ0n) is 11.8. The van der Waals surface area contributed by atoms with E-state index in [4.69, 9.17) is 0 Å². The van der Waals surface area contributed by atoms with Crippen LogP contribution in [0.5, 0.6) is 0 Å². The average molecular weight is 252 g/mol. The minimum atomic E-state index is -0.941. The first-order chi connectivity index (χ1) is 8.08. The lowest BCUT2D eigenvalue weighted by molar-refractivity contribution is -0.146. The van der Waals surface area contributed by atoms with Gasteiger partial charge in [0.05, 0.1) is 11.2 Å². The number of rotatable bonds is 1. The highest BCUT2D eigenvalue weighted by atomic mass is 16.3. The molecule has 2 rings (SSSR count). The minimum Gasteiger partial charge on any atom is -0.390 e. The van der Waals surface area contributed by atoms with Crippen LogP contribution in [-0.2, 0) is 4.79 Å². The Morgan fingerprint density at radius 2 is 2.06 bits per heavy atom. The van der Waals surface area contributed by atoms with E-state index >= 15 is 0 Å². The van der Waals surface area contributed by atoms with Crippen molar-refractivity contribution in [3.8, 4) is 0 Å². The highest BCUT2D eigenvalue weighted by Gasteiger charge is 2.56. The van der Waals surface area contributed by atoms with Crippen LogP contribution in [0.25, 0.3) is 0 Å². The van der Waals surface area contributed by atoms with Gasteiger partial charge in [-0.05, 0) is 57.6 Å². The van der Waals surface area contributed by atoms with E-state index in [0.717, 1.165) is 18.4 Å². The highest BCUT2D eigenvalue weighted by molar-refractivity contribution is 5.92. The molecule has 1 saturated carbocycles. The van der Waals surface area contributed by atoms with Gasteiger partial charge in [0.25, 0.3) is 0 Å². The number of hydrogen-bond acceptors (Lipinski definition) is 3. The third-order valence-electron chi connectivity index (χ3n) is 5.18. The molecular formula is C15H24O3. The van der Waals surface area contributed by atoms with Gasteiger partial charge in [0.2, 0.25) is 0 Å². The van der Waals surface area contributed by atoms with Crippen molar-refractivity contribution >= 4 is 5.78 Å². The normalized spacial score (nSPS) is 41.3. The summed E-state index contributed by atoms with van der Waals surface area (Å²) in [5.41, 5.74) is -1.33. The number of aliphatic hydroxyl groups is 2. The Bertz CT molecular complexity index is 404. The van der Waals surface area contributed by atoms with E-state index in [1.54, 1.807) is 19.9 Å². The molecule has 102 valence electrons. The second-order valence-corrected chi connectivity index (χ2v) is 6.98. The lowest BCUT2D eigenvalue weighted by atomic mass is 9.53. The minimum absolute atomic E-state index is 0.0760. The zero-order valence-corrected chi connectivity index (χ0v) is 11.8. The molecule has 0 heterocycles. The van der Waals surface area contributed by atoms with Crippen molar-refractivity contribution in [2.24, 2.45) is 11.3 Å². The third-order valence-corrected chi connectivity index (χ3v) is 5.18. The van der Waals surface area contributed by atoms with Crippen LogP contribution in [0.3, 0.4) is 0 Å². The van der Waals surface area contributed by atoms with Gasteiger partial charge in [-0.15, -0.1) is 0 Å². The van der Waals surface area contributed by atoms with E-state index in [0.29, 0.717) is 12.8 Å². The van der Waals surface area contributed by atoms with Gasteiger partial charge in [0, 0.05) is 11.8 Å². The van der Waals surface area contributed by atoms with Crippen molar-refractivity contribution in [3.05, 3.63) is 11.6 Å². The fourth-order valence-corrected chi connectivity index (χ4v) is 3.68. The van der Waals surface area contributed by atoms with Crippen LogP contribution in [-0.4, -0.2) is 27.2 Å². The molecule has 2 aliphatic carbocycles. The number of fused-ring (bicyclic) bond motifs is 1. The summed E-state index contributed by atoms with van der Waals surface area (Å²) in [5.74, 6) is 0.188. The predicted octanol–water partition coefficient (Wildman–Crippen LogP) is 2.21. The summed E-state index contributed by atoms with van der Waals surface area (Å²) in [6.07, 6.45) is 4.19. The van der Waals surface area contributed by atoms with Gasteiger partial charge >= 0.3 is 0 Å². The fourth-order valence-electron chi connectivity index (χ4n) is 3.68. The van der Waals surface area contributed by atoms with Crippen LogP contribution in [0.2, 0.25) is 0 Å². The molecule has 1 fully saturated rings. The maximum absolute atomic E-state index is 11.7. The number of carbonyl (C=O) groups is 1. The Balaban J connectivity index is 2.38. The maximum atomic E-state index is 11.7. The Kier molecular flexibility index (Phi) is 2.99. The van der Waals surface area contributed by atoms with Crippen LogP contribution < -0.4 is 0 Å². The Hall–Kier alpha value is -0.670. The lowest BCUT2D eigenvalue weighted by Crippen LogP contribution is -2.57. The van der Waals surface area contributed by atoms with Crippen LogP contribution in [0, 0.1) is 11.3 Å². The molecule has 3 unspecified atom stereocenters. The molecule has 0 spiro atoms. The van der Waals surface area contributed by atoms with Crippen molar-refractivity contribution < 1.29 is 15.0 Å². The monoisotopic (exact) mass is 252 g/mol. The van der Waals surface area contributed by atoms with Gasteiger partial charge in [-0.1, -0.05) is 6.92 Å². The molecule has 0 aromatic heterocycles. The third kappa shape index (κ3) is 1.94. The molecule has 0 saturated heterocycles. The molecule has 3 nitrogen and oxygen atoms in total. The standard InChI is InChI=1S/C15H24O3/c1-10-7-12(16)9-14(4)6-5-11(13(2,3)17)8-15(10,14)18/h7,11,17-18H,5-6,8-9H2,1-4H3.